The highest BCUT2D eigenvalue weighted by Crippen LogP contribution is 2.42. The number of benzene rings is 1. The second kappa shape index (κ2) is 8.16. The molecule has 3 rings (SSSR count). The lowest BCUT2D eigenvalue weighted by molar-refractivity contribution is -0.191. The number of halogens is 4. The molecule has 1 aliphatic heterocycles. The van der Waals surface area contributed by atoms with Gasteiger partial charge in [-0.25, -0.2) is 0 Å². The standard InChI is InChI=1S/C20H22F3IN2O2/c1-13-3-4-14(11-16(13)24)18(27)25-15-5-6-19(2,17(12-15)20(21,22)23)26-7-9-28-10-8-26/h3-6,11-12,17H,7-10H2,1-2H3,(H,25,27). The normalized spacial score (nSPS) is 26.1. The lowest BCUT2D eigenvalue weighted by atomic mass is 9.79. The fourth-order valence-electron chi connectivity index (χ4n) is 3.56. The van der Waals surface area contributed by atoms with Crippen LogP contribution in [0, 0.1) is 16.4 Å². The van der Waals surface area contributed by atoms with Gasteiger partial charge in [0.05, 0.1) is 24.7 Å². The van der Waals surface area contributed by atoms with Gasteiger partial charge in [0.1, 0.15) is 0 Å². The van der Waals surface area contributed by atoms with Crippen LogP contribution in [-0.4, -0.2) is 48.8 Å². The van der Waals surface area contributed by atoms with Gasteiger partial charge in [-0.1, -0.05) is 12.1 Å². The molecule has 28 heavy (non-hydrogen) atoms. The van der Waals surface area contributed by atoms with Gasteiger partial charge in [-0.05, 0) is 66.3 Å². The Labute approximate surface area is 175 Å². The molecule has 1 saturated heterocycles. The Morgan fingerprint density at radius 3 is 2.61 bits per heavy atom. The first kappa shape index (κ1) is 21.3. The van der Waals surface area contributed by atoms with E-state index >= 15 is 0 Å². The van der Waals surface area contributed by atoms with Gasteiger partial charge in [-0.3, -0.25) is 9.69 Å². The summed E-state index contributed by atoms with van der Waals surface area (Å²) in [6.45, 7) is 5.21. The van der Waals surface area contributed by atoms with Gasteiger partial charge in [0, 0.05) is 27.9 Å². The summed E-state index contributed by atoms with van der Waals surface area (Å²) in [4.78, 5) is 14.3. The molecule has 1 fully saturated rings. The summed E-state index contributed by atoms with van der Waals surface area (Å²) in [5.74, 6) is -2.15. The summed E-state index contributed by atoms with van der Waals surface area (Å²) in [6, 6.07) is 5.20. The molecule has 8 heteroatoms. The second-order valence-corrected chi connectivity index (χ2v) is 8.38. The average molecular weight is 506 g/mol. The van der Waals surface area contributed by atoms with Gasteiger partial charge in [-0.15, -0.1) is 0 Å². The van der Waals surface area contributed by atoms with Crippen molar-refractivity contribution in [2.75, 3.05) is 26.3 Å². The molecular weight excluding hydrogens is 484 g/mol. The van der Waals surface area contributed by atoms with Crippen molar-refractivity contribution >= 4 is 28.5 Å². The maximum Gasteiger partial charge on any atom is 0.397 e. The Bertz CT molecular complexity index is 816. The van der Waals surface area contributed by atoms with Crippen LogP contribution in [0.25, 0.3) is 0 Å². The van der Waals surface area contributed by atoms with Crippen molar-refractivity contribution in [3.63, 3.8) is 0 Å². The van der Waals surface area contributed by atoms with E-state index in [0.717, 1.165) is 15.2 Å². The maximum atomic E-state index is 13.9. The number of hydrogen-bond donors (Lipinski definition) is 1. The summed E-state index contributed by atoms with van der Waals surface area (Å²) in [6.07, 6.45) is -0.209. The molecule has 1 aromatic carbocycles. The highest BCUT2D eigenvalue weighted by molar-refractivity contribution is 14.1. The zero-order valence-electron chi connectivity index (χ0n) is 15.6. The van der Waals surface area contributed by atoms with Crippen LogP contribution in [0.4, 0.5) is 13.2 Å². The van der Waals surface area contributed by atoms with Crippen LogP contribution in [-0.2, 0) is 4.74 Å². The van der Waals surface area contributed by atoms with Crippen molar-refractivity contribution in [3.8, 4) is 0 Å². The molecule has 1 amide bonds. The number of alkyl halides is 3. The van der Waals surface area contributed by atoms with E-state index < -0.39 is 23.5 Å². The first-order chi connectivity index (χ1) is 13.1. The first-order valence-corrected chi connectivity index (χ1v) is 10.1. The highest BCUT2D eigenvalue weighted by atomic mass is 127. The van der Waals surface area contributed by atoms with Crippen molar-refractivity contribution in [1.82, 2.24) is 10.2 Å². The fourth-order valence-corrected chi connectivity index (χ4v) is 4.08. The van der Waals surface area contributed by atoms with Gasteiger partial charge in [0.15, 0.2) is 0 Å². The molecule has 2 unspecified atom stereocenters. The number of nitrogens with zero attached hydrogens (tertiary/aromatic N) is 1. The highest BCUT2D eigenvalue weighted by Gasteiger charge is 2.52. The van der Waals surface area contributed by atoms with Gasteiger partial charge in [0.2, 0.25) is 0 Å². The van der Waals surface area contributed by atoms with Crippen molar-refractivity contribution in [1.29, 1.82) is 0 Å². The molecule has 1 heterocycles. The quantitative estimate of drug-likeness (QED) is 0.630. The predicted octanol–water partition coefficient (Wildman–Crippen LogP) is 4.05. The summed E-state index contributed by atoms with van der Waals surface area (Å²) >= 11 is 2.12. The van der Waals surface area contributed by atoms with E-state index in [4.69, 9.17) is 4.74 Å². The number of amides is 1. The van der Waals surface area contributed by atoms with Crippen LogP contribution in [0.3, 0.4) is 0 Å². The third kappa shape index (κ3) is 4.44. The van der Waals surface area contributed by atoms with Crippen molar-refractivity contribution in [3.05, 3.63) is 56.8 Å². The number of morpholine rings is 1. The molecule has 2 aliphatic rings. The van der Waals surface area contributed by atoms with Crippen LogP contribution >= 0.6 is 22.6 Å². The Balaban J connectivity index is 1.84. The minimum Gasteiger partial charge on any atom is -0.379 e. The molecule has 1 N–H and O–H groups in total. The largest absolute Gasteiger partial charge is 0.397 e. The second-order valence-electron chi connectivity index (χ2n) is 7.22. The SMILES string of the molecule is Cc1ccc(C(=O)NC2=CC(C(F)(F)F)C(C)(N3CCOCC3)C=C2)cc1I. The minimum atomic E-state index is -4.44. The first-order valence-electron chi connectivity index (χ1n) is 8.99. The summed E-state index contributed by atoms with van der Waals surface area (Å²) in [7, 11) is 0. The number of hydrogen-bond acceptors (Lipinski definition) is 3. The molecule has 4 nitrogen and oxygen atoms in total. The Morgan fingerprint density at radius 1 is 1.32 bits per heavy atom. The number of ether oxygens (including phenoxy) is 1. The molecule has 1 aromatic rings. The van der Waals surface area contributed by atoms with E-state index in [0.29, 0.717) is 31.9 Å². The molecule has 152 valence electrons. The number of nitrogens with one attached hydrogen (secondary N) is 1. The predicted molar refractivity (Wildman–Crippen MR) is 109 cm³/mol. The van der Waals surface area contributed by atoms with E-state index in [9.17, 15) is 18.0 Å². The fraction of sp³-hybridized carbons (Fsp3) is 0.450. The van der Waals surface area contributed by atoms with Crippen molar-refractivity contribution in [2.45, 2.75) is 25.6 Å². The van der Waals surface area contributed by atoms with Crippen molar-refractivity contribution in [2.24, 2.45) is 5.92 Å². The smallest absolute Gasteiger partial charge is 0.379 e. The Morgan fingerprint density at radius 2 is 2.00 bits per heavy atom. The van der Waals surface area contributed by atoms with E-state index in [1.807, 2.05) is 13.0 Å². The third-order valence-electron chi connectivity index (χ3n) is 5.31. The minimum absolute atomic E-state index is 0.161. The van der Waals surface area contributed by atoms with Crippen molar-refractivity contribution < 1.29 is 22.7 Å². The molecule has 0 aromatic heterocycles. The van der Waals surface area contributed by atoms with Gasteiger partial charge < -0.3 is 10.1 Å². The van der Waals surface area contributed by atoms with Crippen LogP contribution in [0.5, 0.6) is 0 Å². The monoisotopic (exact) mass is 506 g/mol. The molecular formula is C20H22F3IN2O2. The number of carbonyl (C=O) groups excluding carboxylic acids is 1. The zero-order valence-corrected chi connectivity index (χ0v) is 17.8. The lowest BCUT2D eigenvalue weighted by Gasteiger charge is -2.47. The molecule has 0 spiro atoms. The van der Waals surface area contributed by atoms with E-state index in [1.54, 1.807) is 36.1 Å². The van der Waals surface area contributed by atoms with Gasteiger partial charge in [-0.2, -0.15) is 13.2 Å². The zero-order chi connectivity index (χ0) is 20.5. The third-order valence-corrected chi connectivity index (χ3v) is 6.48. The summed E-state index contributed by atoms with van der Waals surface area (Å²) < 4.78 is 47.8. The van der Waals surface area contributed by atoms with E-state index in [2.05, 4.69) is 27.9 Å². The summed E-state index contributed by atoms with van der Waals surface area (Å²) in [5.41, 5.74) is 0.394. The van der Waals surface area contributed by atoms with Crippen LogP contribution in [0.1, 0.15) is 22.8 Å². The van der Waals surface area contributed by atoms with Crippen LogP contribution in [0.2, 0.25) is 0 Å². The molecule has 0 bridgehead atoms. The molecule has 0 radical (unpaired) electrons. The van der Waals surface area contributed by atoms with E-state index in [-0.39, 0.29) is 5.70 Å². The average Bonchev–Trinajstić information content (AvgIpc) is 2.65. The van der Waals surface area contributed by atoms with Crippen LogP contribution in [0.15, 0.2) is 42.1 Å². The summed E-state index contributed by atoms with van der Waals surface area (Å²) in [5, 5.41) is 2.61. The van der Waals surface area contributed by atoms with E-state index in [1.165, 1.54) is 0 Å². The van der Waals surface area contributed by atoms with Gasteiger partial charge >= 0.3 is 6.18 Å². The van der Waals surface area contributed by atoms with Gasteiger partial charge in [0.25, 0.3) is 5.91 Å². The number of allylic oxidation sites excluding steroid dienone is 1. The molecule has 0 saturated carbocycles. The topological polar surface area (TPSA) is 41.6 Å². The van der Waals surface area contributed by atoms with Crippen LogP contribution < -0.4 is 5.32 Å². The Kier molecular flexibility index (Phi) is 6.21. The number of aryl methyl sites for hydroxylation is 1. The maximum absolute atomic E-state index is 13.9. The lowest BCUT2D eigenvalue weighted by Crippen LogP contribution is -2.58. The molecule has 1 aliphatic carbocycles. The molecule has 2 atom stereocenters. The number of rotatable bonds is 3. The Hall–Kier alpha value is -1.39. The number of carbonyl (C=O) groups is 1.